The minimum atomic E-state index is -4.03. The van der Waals surface area contributed by atoms with Crippen LogP contribution in [-0.2, 0) is 32.6 Å². The lowest BCUT2D eigenvalue weighted by Gasteiger charge is -2.35. The Morgan fingerprint density at radius 2 is 1.56 bits per heavy atom. The molecule has 4 aromatic rings. The van der Waals surface area contributed by atoms with Crippen LogP contribution in [0.3, 0.4) is 0 Å². The standard InChI is InChI=1S/C34H35N3O5S/c1-25-15-17-29(18-16-25)43(40,41)36(22-28-12-8-9-26(2)21-28)24-33(38)37-23-32(42-31-14-7-6-13-30(31)37)34(39)35-20-19-27-10-4-3-5-11-27/h3-18,21,32H,19-20,22-24H2,1-2H3,(H,35,39)/t32-/m1/s1. The number of nitrogens with zero attached hydrogens (tertiary/aromatic N) is 2. The van der Waals surface area contributed by atoms with Gasteiger partial charge in [-0.15, -0.1) is 0 Å². The van der Waals surface area contributed by atoms with Crippen molar-refractivity contribution in [1.82, 2.24) is 9.62 Å². The minimum absolute atomic E-state index is 0.0129. The van der Waals surface area contributed by atoms with Crippen LogP contribution in [0.2, 0.25) is 0 Å². The highest BCUT2D eigenvalue weighted by molar-refractivity contribution is 7.89. The first-order valence-corrected chi connectivity index (χ1v) is 15.6. The Balaban J connectivity index is 1.38. The number of carbonyl (C=O) groups excluding carboxylic acids is 2. The Morgan fingerprint density at radius 1 is 0.860 bits per heavy atom. The van der Waals surface area contributed by atoms with E-state index in [1.54, 1.807) is 48.5 Å². The van der Waals surface area contributed by atoms with Gasteiger partial charge in [-0.25, -0.2) is 8.42 Å². The molecule has 5 rings (SSSR count). The van der Waals surface area contributed by atoms with E-state index in [1.165, 1.54) is 9.21 Å². The summed E-state index contributed by atoms with van der Waals surface area (Å²) in [6, 6.07) is 30.9. The van der Waals surface area contributed by atoms with Crippen molar-refractivity contribution >= 4 is 27.5 Å². The maximum Gasteiger partial charge on any atom is 0.262 e. The average Bonchev–Trinajstić information content (AvgIpc) is 3.01. The van der Waals surface area contributed by atoms with Gasteiger partial charge in [-0.05, 0) is 55.7 Å². The van der Waals surface area contributed by atoms with Gasteiger partial charge in [0.05, 0.1) is 23.7 Å². The number of para-hydroxylation sites is 2. The molecule has 0 aromatic heterocycles. The highest BCUT2D eigenvalue weighted by atomic mass is 32.2. The summed E-state index contributed by atoms with van der Waals surface area (Å²) >= 11 is 0. The smallest absolute Gasteiger partial charge is 0.262 e. The molecule has 0 spiro atoms. The third kappa shape index (κ3) is 7.31. The van der Waals surface area contributed by atoms with Crippen molar-refractivity contribution in [2.75, 3.05) is 24.5 Å². The lowest BCUT2D eigenvalue weighted by Crippen LogP contribution is -2.53. The van der Waals surface area contributed by atoms with E-state index in [4.69, 9.17) is 4.74 Å². The summed E-state index contributed by atoms with van der Waals surface area (Å²) in [6.45, 7) is 3.78. The number of hydrogen-bond acceptors (Lipinski definition) is 5. The molecule has 0 bridgehead atoms. The maximum absolute atomic E-state index is 14.0. The molecule has 0 aliphatic carbocycles. The van der Waals surface area contributed by atoms with E-state index in [2.05, 4.69) is 5.32 Å². The van der Waals surface area contributed by atoms with Gasteiger partial charge >= 0.3 is 0 Å². The van der Waals surface area contributed by atoms with Crippen LogP contribution in [0.5, 0.6) is 5.75 Å². The van der Waals surface area contributed by atoms with Crippen molar-refractivity contribution in [2.45, 2.75) is 37.8 Å². The predicted molar refractivity (Wildman–Crippen MR) is 166 cm³/mol. The fourth-order valence-electron chi connectivity index (χ4n) is 5.03. The highest BCUT2D eigenvalue weighted by Crippen LogP contribution is 2.33. The van der Waals surface area contributed by atoms with Crippen LogP contribution in [0.15, 0.2) is 108 Å². The van der Waals surface area contributed by atoms with Crippen LogP contribution in [0.4, 0.5) is 5.69 Å². The molecule has 0 saturated heterocycles. The zero-order valence-electron chi connectivity index (χ0n) is 24.3. The van der Waals surface area contributed by atoms with Crippen LogP contribution in [0, 0.1) is 13.8 Å². The van der Waals surface area contributed by atoms with Gasteiger partial charge in [-0.3, -0.25) is 9.59 Å². The van der Waals surface area contributed by atoms with E-state index < -0.39 is 28.6 Å². The number of hydrogen-bond donors (Lipinski definition) is 1. The topological polar surface area (TPSA) is 96.0 Å². The fraction of sp³-hybridized carbons (Fsp3) is 0.235. The number of amides is 2. The second-order valence-corrected chi connectivity index (χ2v) is 12.6. The van der Waals surface area contributed by atoms with E-state index in [0.717, 1.165) is 22.3 Å². The van der Waals surface area contributed by atoms with Crippen LogP contribution in [0.25, 0.3) is 0 Å². The van der Waals surface area contributed by atoms with Gasteiger partial charge < -0.3 is 15.0 Å². The van der Waals surface area contributed by atoms with Gasteiger partial charge in [0.15, 0.2) is 6.10 Å². The third-order valence-electron chi connectivity index (χ3n) is 7.33. The van der Waals surface area contributed by atoms with Crippen molar-refractivity contribution in [3.63, 3.8) is 0 Å². The van der Waals surface area contributed by atoms with Crippen molar-refractivity contribution in [3.05, 3.63) is 125 Å². The van der Waals surface area contributed by atoms with E-state index >= 15 is 0 Å². The SMILES string of the molecule is Cc1ccc(S(=O)(=O)N(CC(=O)N2C[C@H](C(=O)NCCc3ccccc3)Oc3ccccc32)Cc2cccc(C)c2)cc1. The summed E-state index contributed by atoms with van der Waals surface area (Å²) in [5.74, 6) is -0.412. The molecule has 1 aliphatic heterocycles. The molecule has 0 saturated carbocycles. The van der Waals surface area contributed by atoms with E-state index in [-0.39, 0.29) is 23.9 Å². The van der Waals surface area contributed by atoms with Crippen molar-refractivity contribution in [1.29, 1.82) is 0 Å². The summed E-state index contributed by atoms with van der Waals surface area (Å²) in [4.78, 5) is 28.7. The summed E-state index contributed by atoms with van der Waals surface area (Å²) < 4.78 is 34.9. The van der Waals surface area contributed by atoms with Gasteiger partial charge in [0.25, 0.3) is 5.91 Å². The Labute approximate surface area is 253 Å². The normalized spacial score (nSPS) is 14.6. The Morgan fingerprint density at radius 3 is 2.30 bits per heavy atom. The first-order valence-electron chi connectivity index (χ1n) is 14.2. The Kier molecular flexibility index (Phi) is 9.23. The van der Waals surface area contributed by atoms with E-state index in [1.807, 2.05) is 68.4 Å². The van der Waals surface area contributed by atoms with Crippen molar-refractivity contribution < 1.29 is 22.7 Å². The summed E-state index contributed by atoms with van der Waals surface area (Å²) in [5, 5.41) is 2.91. The molecule has 0 radical (unpaired) electrons. The van der Waals surface area contributed by atoms with E-state index in [9.17, 15) is 18.0 Å². The minimum Gasteiger partial charge on any atom is -0.477 e. The summed E-state index contributed by atoms with van der Waals surface area (Å²) in [6.07, 6.45) is -0.294. The lowest BCUT2D eigenvalue weighted by molar-refractivity contribution is -0.128. The molecule has 222 valence electrons. The Bertz CT molecular complexity index is 1690. The molecular formula is C34H35N3O5S. The molecule has 0 unspecified atom stereocenters. The second kappa shape index (κ2) is 13.2. The molecule has 0 fully saturated rings. The fourth-order valence-corrected chi connectivity index (χ4v) is 6.41. The number of sulfonamides is 1. The van der Waals surface area contributed by atoms with Crippen LogP contribution in [-0.4, -0.2) is 50.3 Å². The number of nitrogens with one attached hydrogen (secondary N) is 1. The number of fused-ring (bicyclic) bond motifs is 1. The number of aryl methyl sites for hydroxylation is 2. The van der Waals surface area contributed by atoms with Gasteiger partial charge in [0.1, 0.15) is 5.75 Å². The molecule has 9 heteroatoms. The number of benzene rings is 4. The summed E-state index contributed by atoms with van der Waals surface area (Å²) in [5.41, 5.74) is 4.27. The molecule has 4 aromatic carbocycles. The number of carbonyl (C=O) groups is 2. The first kappa shape index (κ1) is 30.0. The van der Waals surface area contributed by atoms with Crippen molar-refractivity contribution in [3.8, 4) is 5.75 Å². The van der Waals surface area contributed by atoms with Gasteiger partial charge in [-0.1, -0.05) is 90.0 Å². The van der Waals surface area contributed by atoms with Gasteiger partial charge in [0, 0.05) is 13.1 Å². The quantitative estimate of drug-likeness (QED) is 0.287. The summed E-state index contributed by atoms with van der Waals surface area (Å²) in [7, 11) is -4.03. The highest BCUT2D eigenvalue weighted by Gasteiger charge is 2.36. The van der Waals surface area contributed by atoms with Crippen LogP contribution in [0.1, 0.15) is 22.3 Å². The number of rotatable bonds is 10. The monoisotopic (exact) mass is 597 g/mol. The molecule has 8 nitrogen and oxygen atoms in total. The largest absolute Gasteiger partial charge is 0.477 e. The average molecular weight is 598 g/mol. The maximum atomic E-state index is 14.0. The third-order valence-corrected chi connectivity index (χ3v) is 9.14. The van der Waals surface area contributed by atoms with Gasteiger partial charge in [0.2, 0.25) is 15.9 Å². The lowest BCUT2D eigenvalue weighted by atomic mass is 10.1. The second-order valence-electron chi connectivity index (χ2n) is 10.7. The molecular weight excluding hydrogens is 562 g/mol. The molecule has 1 atom stereocenters. The zero-order valence-corrected chi connectivity index (χ0v) is 25.1. The van der Waals surface area contributed by atoms with Crippen LogP contribution < -0.4 is 15.0 Å². The number of ether oxygens (including phenoxy) is 1. The first-order chi connectivity index (χ1) is 20.7. The number of anilines is 1. The van der Waals surface area contributed by atoms with Crippen molar-refractivity contribution in [2.24, 2.45) is 0 Å². The van der Waals surface area contributed by atoms with Gasteiger partial charge in [-0.2, -0.15) is 4.31 Å². The van der Waals surface area contributed by atoms with E-state index in [0.29, 0.717) is 24.4 Å². The molecule has 2 amide bonds. The molecule has 1 heterocycles. The molecule has 43 heavy (non-hydrogen) atoms. The van der Waals surface area contributed by atoms with Crippen LogP contribution >= 0.6 is 0 Å². The predicted octanol–water partition coefficient (Wildman–Crippen LogP) is 4.65. The zero-order chi connectivity index (χ0) is 30.4. The molecule has 1 N–H and O–H groups in total. The molecule has 1 aliphatic rings. The Hall–Kier alpha value is -4.47.